The van der Waals surface area contributed by atoms with Crippen molar-refractivity contribution in [3.05, 3.63) is 71.3 Å². The van der Waals surface area contributed by atoms with Crippen LogP contribution in [0.1, 0.15) is 32.3 Å². The van der Waals surface area contributed by atoms with Gasteiger partial charge in [0.25, 0.3) is 17.7 Å². The lowest BCUT2D eigenvalue weighted by molar-refractivity contribution is -0.137. The molecule has 1 atom stereocenters. The van der Waals surface area contributed by atoms with Crippen molar-refractivity contribution in [1.29, 1.82) is 0 Å². The number of amides is 3. The van der Waals surface area contributed by atoms with Crippen molar-refractivity contribution >= 4 is 17.7 Å². The Kier molecular flexibility index (Phi) is 7.26. The van der Waals surface area contributed by atoms with E-state index in [0.717, 1.165) is 4.90 Å². The highest BCUT2D eigenvalue weighted by Gasteiger charge is 2.44. The average Bonchev–Trinajstić information content (AvgIpc) is 3.06. The van der Waals surface area contributed by atoms with E-state index in [1.54, 1.807) is 53.4 Å². The molecule has 1 fully saturated rings. The van der Waals surface area contributed by atoms with Gasteiger partial charge in [-0.25, -0.2) is 0 Å². The topological polar surface area (TPSA) is 85.4 Å². The molecule has 0 bridgehead atoms. The predicted octanol–water partition coefficient (Wildman–Crippen LogP) is 1.92. The Morgan fingerprint density at radius 3 is 1.69 bits per heavy atom. The summed E-state index contributed by atoms with van der Waals surface area (Å²) in [6.07, 6.45) is 0. The van der Waals surface area contributed by atoms with Crippen LogP contribution >= 0.6 is 0 Å². The van der Waals surface area contributed by atoms with Crippen molar-refractivity contribution < 1.29 is 28.6 Å². The molecule has 2 heterocycles. The fraction of sp³-hybridized carbons (Fsp3) is 0.375. The van der Waals surface area contributed by atoms with Gasteiger partial charge in [-0.1, -0.05) is 42.5 Å². The highest BCUT2D eigenvalue weighted by molar-refractivity contribution is 6.22. The van der Waals surface area contributed by atoms with Gasteiger partial charge in [0.2, 0.25) is 0 Å². The first-order chi connectivity index (χ1) is 15.7. The summed E-state index contributed by atoms with van der Waals surface area (Å²) in [7, 11) is 0. The summed E-state index contributed by atoms with van der Waals surface area (Å²) >= 11 is 0. The Hall–Kier alpha value is -3.07. The first-order valence-electron chi connectivity index (χ1n) is 10.7. The van der Waals surface area contributed by atoms with E-state index in [1.807, 2.05) is 6.07 Å². The number of hydrogen-bond donors (Lipinski definition) is 0. The van der Waals surface area contributed by atoms with Gasteiger partial charge in [-0.05, 0) is 17.7 Å². The Balaban J connectivity index is 1.63. The number of imide groups is 1. The molecule has 0 aliphatic carbocycles. The molecule has 2 aromatic rings. The van der Waals surface area contributed by atoms with Crippen molar-refractivity contribution in [1.82, 2.24) is 9.80 Å². The van der Waals surface area contributed by atoms with Crippen LogP contribution in [0.25, 0.3) is 0 Å². The third-order valence-corrected chi connectivity index (χ3v) is 5.50. The zero-order valence-electron chi connectivity index (χ0n) is 17.8. The van der Waals surface area contributed by atoms with E-state index in [9.17, 15) is 14.4 Å². The Morgan fingerprint density at radius 2 is 1.16 bits per heavy atom. The van der Waals surface area contributed by atoms with Crippen LogP contribution in [0.2, 0.25) is 0 Å². The van der Waals surface area contributed by atoms with E-state index < -0.39 is 17.9 Å². The first kappa shape index (κ1) is 22.1. The zero-order valence-corrected chi connectivity index (χ0v) is 17.8. The van der Waals surface area contributed by atoms with Crippen LogP contribution in [0.5, 0.6) is 0 Å². The maximum Gasteiger partial charge on any atom is 0.262 e. The number of carbonyl (C=O) groups is 3. The standard InChI is InChI=1S/C24H26N2O6/c27-22-19-8-4-5-9-20(19)23(28)26(22)21(18-6-2-1-3-7-18)24(29)25-10-12-30-14-16-32-17-15-31-13-11-25/h1-9,21H,10-17H2/t21-/m1/s1. The molecule has 2 aromatic carbocycles. The molecular formula is C24H26N2O6. The SMILES string of the molecule is O=C([C@@H](c1ccccc1)N1C(=O)c2ccccc2C1=O)N1CCOCCOCCOCC1. The summed E-state index contributed by atoms with van der Waals surface area (Å²) in [5.74, 6) is -1.27. The molecular weight excluding hydrogens is 412 g/mol. The first-order valence-corrected chi connectivity index (χ1v) is 10.7. The van der Waals surface area contributed by atoms with Crippen molar-refractivity contribution in [3.63, 3.8) is 0 Å². The lowest BCUT2D eigenvalue weighted by Gasteiger charge is -2.32. The van der Waals surface area contributed by atoms with E-state index in [-0.39, 0.29) is 5.91 Å². The van der Waals surface area contributed by atoms with Gasteiger partial charge in [0, 0.05) is 13.1 Å². The number of nitrogens with zero attached hydrogens (tertiary/aromatic N) is 2. The van der Waals surface area contributed by atoms with Crippen LogP contribution in [-0.2, 0) is 19.0 Å². The maximum atomic E-state index is 13.8. The van der Waals surface area contributed by atoms with Gasteiger partial charge in [0.1, 0.15) is 6.04 Å². The molecule has 168 valence electrons. The largest absolute Gasteiger partial charge is 0.377 e. The minimum absolute atomic E-state index is 0.312. The number of benzene rings is 2. The smallest absolute Gasteiger partial charge is 0.262 e. The highest BCUT2D eigenvalue weighted by atomic mass is 16.5. The number of carbonyl (C=O) groups excluding carboxylic acids is 3. The molecule has 0 aromatic heterocycles. The second-order valence-electron chi connectivity index (χ2n) is 7.50. The second-order valence-corrected chi connectivity index (χ2v) is 7.50. The van der Waals surface area contributed by atoms with Gasteiger partial charge in [-0.15, -0.1) is 0 Å². The van der Waals surface area contributed by atoms with Crippen molar-refractivity contribution in [2.45, 2.75) is 6.04 Å². The summed E-state index contributed by atoms with van der Waals surface area (Å²) in [6.45, 7) is 3.02. The average molecular weight is 438 g/mol. The van der Waals surface area contributed by atoms with E-state index in [1.165, 1.54) is 0 Å². The van der Waals surface area contributed by atoms with Gasteiger partial charge in [-0.2, -0.15) is 0 Å². The molecule has 2 aliphatic rings. The number of fused-ring (bicyclic) bond motifs is 1. The molecule has 8 nitrogen and oxygen atoms in total. The third-order valence-electron chi connectivity index (χ3n) is 5.50. The lowest BCUT2D eigenvalue weighted by atomic mass is 10.0. The summed E-state index contributed by atoms with van der Waals surface area (Å²) < 4.78 is 16.6. The van der Waals surface area contributed by atoms with E-state index in [4.69, 9.17) is 14.2 Å². The van der Waals surface area contributed by atoms with Crippen molar-refractivity contribution in [2.75, 3.05) is 52.7 Å². The van der Waals surface area contributed by atoms with E-state index in [2.05, 4.69) is 0 Å². The fourth-order valence-electron chi connectivity index (χ4n) is 3.88. The highest BCUT2D eigenvalue weighted by Crippen LogP contribution is 2.32. The predicted molar refractivity (Wildman–Crippen MR) is 115 cm³/mol. The Bertz CT molecular complexity index is 917. The summed E-state index contributed by atoms with van der Waals surface area (Å²) in [6, 6.07) is 14.5. The molecule has 0 saturated carbocycles. The molecule has 0 radical (unpaired) electrons. The number of rotatable bonds is 3. The Labute approximate surface area is 186 Å². The normalized spacial score (nSPS) is 19.1. The molecule has 0 spiro atoms. The van der Waals surface area contributed by atoms with Gasteiger partial charge < -0.3 is 19.1 Å². The van der Waals surface area contributed by atoms with Crippen LogP contribution in [0.3, 0.4) is 0 Å². The third kappa shape index (κ3) is 4.72. The summed E-state index contributed by atoms with van der Waals surface area (Å²) in [5, 5.41) is 0. The van der Waals surface area contributed by atoms with Crippen molar-refractivity contribution in [3.8, 4) is 0 Å². The zero-order chi connectivity index (χ0) is 22.3. The van der Waals surface area contributed by atoms with Crippen LogP contribution in [0, 0.1) is 0 Å². The van der Waals surface area contributed by atoms with Gasteiger partial charge in [0.05, 0.1) is 50.8 Å². The fourth-order valence-corrected chi connectivity index (χ4v) is 3.88. The van der Waals surface area contributed by atoms with Crippen LogP contribution < -0.4 is 0 Å². The Morgan fingerprint density at radius 1 is 0.688 bits per heavy atom. The molecule has 8 heteroatoms. The number of ether oxygens (including phenoxy) is 3. The van der Waals surface area contributed by atoms with Crippen LogP contribution in [0.4, 0.5) is 0 Å². The summed E-state index contributed by atoms with van der Waals surface area (Å²) in [4.78, 5) is 42.8. The quantitative estimate of drug-likeness (QED) is 0.681. The molecule has 32 heavy (non-hydrogen) atoms. The molecule has 4 rings (SSSR count). The van der Waals surface area contributed by atoms with Crippen LogP contribution in [-0.4, -0.2) is 80.3 Å². The van der Waals surface area contributed by atoms with Crippen LogP contribution in [0.15, 0.2) is 54.6 Å². The van der Waals surface area contributed by atoms with Crippen molar-refractivity contribution in [2.24, 2.45) is 0 Å². The van der Waals surface area contributed by atoms with Gasteiger partial charge >= 0.3 is 0 Å². The molecule has 3 amide bonds. The minimum Gasteiger partial charge on any atom is -0.377 e. The second kappa shape index (κ2) is 10.5. The number of hydrogen-bond acceptors (Lipinski definition) is 6. The molecule has 2 aliphatic heterocycles. The molecule has 0 unspecified atom stereocenters. The maximum absolute atomic E-state index is 13.8. The summed E-state index contributed by atoms with van der Waals surface area (Å²) in [5.41, 5.74) is 1.20. The minimum atomic E-state index is -1.07. The van der Waals surface area contributed by atoms with E-state index >= 15 is 0 Å². The van der Waals surface area contributed by atoms with E-state index in [0.29, 0.717) is 69.4 Å². The van der Waals surface area contributed by atoms with Gasteiger partial charge in [0.15, 0.2) is 0 Å². The molecule has 1 saturated heterocycles. The molecule has 0 N–H and O–H groups in total. The lowest BCUT2D eigenvalue weighted by Crippen LogP contribution is -2.47. The monoisotopic (exact) mass is 438 g/mol. The van der Waals surface area contributed by atoms with Gasteiger partial charge in [-0.3, -0.25) is 19.3 Å².